The number of aromatic nitrogens is 4. The van der Waals surface area contributed by atoms with Crippen molar-refractivity contribution in [3.63, 3.8) is 0 Å². The Balaban J connectivity index is 1.44. The minimum absolute atomic E-state index is 0.180. The first-order valence-corrected chi connectivity index (χ1v) is 8.87. The van der Waals surface area contributed by atoms with Crippen LogP contribution < -0.4 is 10.9 Å². The normalized spacial score (nSPS) is 21.3. The topological polar surface area (TPSA) is 67.1 Å². The van der Waals surface area contributed by atoms with Gasteiger partial charge in [0, 0.05) is 12.5 Å². The second kappa shape index (κ2) is 6.35. The molecular weight excluding hydrogens is 308 g/mol. The van der Waals surface area contributed by atoms with Crippen molar-refractivity contribution in [1.29, 1.82) is 0 Å². The molecule has 1 aliphatic rings. The fraction of sp³-hybridized carbons (Fsp3) is 0.438. The molecule has 6 nitrogen and oxygen atoms in total. The zero-order valence-electron chi connectivity index (χ0n) is 13.1. The van der Waals surface area contributed by atoms with E-state index in [2.05, 4.69) is 58.3 Å². The van der Waals surface area contributed by atoms with Crippen molar-refractivity contribution in [3.8, 4) is 0 Å². The first kappa shape index (κ1) is 14.7. The van der Waals surface area contributed by atoms with Crippen LogP contribution in [0.5, 0.6) is 0 Å². The van der Waals surface area contributed by atoms with Crippen LogP contribution in [0, 0.1) is 0 Å². The van der Waals surface area contributed by atoms with Crippen LogP contribution in [0.25, 0.3) is 4.96 Å². The van der Waals surface area contributed by atoms with Gasteiger partial charge >= 0.3 is 0 Å². The lowest BCUT2D eigenvalue weighted by Crippen LogP contribution is -2.29. The van der Waals surface area contributed by atoms with Crippen molar-refractivity contribution in [2.45, 2.75) is 44.7 Å². The summed E-state index contributed by atoms with van der Waals surface area (Å²) in [7, 11) is 0. The number of aryl methyl sites for hydroxylation is 2. The second-order valence-corrected chi connectivity index (χ2v) is 7.11. The minimum atomic E-state index is 0.180. The average molecular weight is 328 g/mol. The molecule has 0 saturated carbocycles. The van der Waals surface area contributed by atoms with Crippen molar-refractivity contribution < 1.29 is 0 Å². The van der Waals surface area contributed by atoms with Gasteiger partial charge in [-0.1, -0.05) is 41.7 Å². The molecule has 7 heteroatoms. The van der Waals surface area contributed by atoms with E-state index in [0.717, 1.165) is 41.5 Å². The minimum Gasteiger partial charge on any atom is -0.254 e. The van der Waals surface area contributed by atoms with E-state index < -0.39 is 0 Å². The number of nitrogens with one attached hydrogen (secondary N) is 2. The standard InChI is InChI=1S/C16H20N6S/c1-11-10-13(18-17-11)15-19-20-16-22(15)21-14(23-16)9-5-8-12-6-3-2-4-7-12/h2-4,6-7,11,13,17-18H,5,8-10H2,1H3. The molecule has 1 saturated heterocycles. The molecule has 4 rings (SSSR count). The third kappa shape index (κ3) is 3.12. The Morgan fingerprint density at radius 1 is 1.17 bits per heavy atom. The van der Waals surface area contributed by atoms with Crippen LogP contribution in [-0.2, 0) is 12.8 Å². The van der Waals surface area contributed by atoms with Gasteiger partial charge in [0.25, 0.3) is 0 Å². The lowest BCUT2D eigenvalue weighted by Gasteiger charge is -2.04. The molecule has 120 valence electrons. The number of hydrogen-bond acceptors (Lipinski definition) is 6. The van der Waals surface area contributed by atoms with E-state index in [1.807, 2.05) is 4.52 Å². The third-order valence-electron chi connectivity index (χ3n) is 4.16. The molecule has 0 radical (unpaired) electrons. The summed E-state index contributed by atoms with van der Waals surface area (Å²) >= 11 is 1.64. The van der Waals surface area contributed by atoms with Crippen LogP contribution in [0.15, 0.2) is 30.3 Å². The van der Waals surface area contributed by atoms with Gasteiger partial charge in [0.05, 0.1) is 6.04 Å². The van der Waals surface area contributed by atoms with E-state index in [4.69, 9.17) is 5.10 Å². The zero-order chi connectivity index (χ0) is 15.6. The van der Waals surface area contributed by atoms with Gasteiger partial charge in [-0.3, -0.25) is 5.43 Å². The summed E-state index contributed by atoms with van der Waals surface area (Å²) in [5, 5.41) is 14.4. The molecule has 2 aromatic heterocycles. The van der Waals surface area contributed by atoms with Crippen LogP contribution in [0.1, 0.15) is 42.2 Å². The molecule has 1 aromatic carbocycles. The van der Waals surface area contributed by atoms with E-state index in [1.54, 1.807) is 11.3 Å². The Labute approximate surface area is 138 Å². The van der Waals surface area contributed by atoms with Gasteiger partial charge in [-0.05, 0) is 31.7 Å². The van der Waals surface area contributed by atoms with Crippen molar-refractivity contribution in [1.82, 2.24) is 30.7 Å². The summed E-state index contributed by atoms with van der Waals surface area (Å²) in [6.45, 7) is 2.15. The van der Waals surface area contributed by atoms with Gasteiger partial charge in [0.1, 0.15) is 5.01 Å². The Morgan fingerprint density at radius 2 is 2.04 bits per heavy atom. The summed E-state index contributed by atoms with van der Waals surface area (Å²) in [6.07, 6.45) is 4.17. The monoisotopic (exact) mass is 328 g/mol. The Hall–Kier alpha value is -1.83. The quantitative estimate of drug-likeness (QED) is 0.752. The smallest absolute Gasteiger partial charge is 0.234 e. The molecular formula is C16H20N6S. The number of hydrazine groups is 1. The van der Waals surface area contributed by atoms with Gasteiger partial charge < -0.3 is 0 Å². The Kier molecular flexibility index (Phi) is 4.07. The van der Waals surface area contributed by atoms with Crippen molar-refractivity contribution in [2.24, 2.45) is 0 Å². The van der Waals surface area contributed by atoms with E-state index in [1.165, 1.54) is 5.56 Å². The highest BCUT2D eigenvalue weighted by molar-refractivity contribution is 7.16. The fourth-order valence-corrected chi connectivity index (χ4v) is 3.84. The highest BCUT2D eigenvalue weighted by Gasteiger charge is 2.27. The maximum atomic E-state index is 4.72. The maximum Gasteiger partial charge on any atom is 0.234 e. The third-order valence-corrected chi connectivity index (χ3v) is 5.12. The SMILES string of the molecule is CC1CC(c2nnc3sc(CCCc4ccccc4)nn23)NN1. The van der Waals surface area contributed by atoms with Crippen molar-refractivity contribution >= 4 is 16.3 Å². The number of hydrogen-bond donors (Lipinski definition) is 2. The van der Waals surface area contributed by atoms with Crippen LogP contribution in [0.2, 0.25) is 0 Å². The van der Waals surface area contributed by atoms with Crippen LogP contribution in [0.4, 0.5) is 0 Å². The molecule has 3 aromatic rings. The summed E-state index contributed by atoms with van der Waals surface area (Å²) in [5.41, 5.74) is 7.87. The van der Waals surface area contributed by atoms with E-state index in [9.17, 15) is 0 Å². The lowest BCUT2D eigenvalue weighted by atomic mass is 10.1. The molecule has 2 atom stereocenters. The van der Waals surface area contributed by atoms with Gasteiger partial charge in [-0.25, -0.2) is 5.43 Å². The average Bonchev–Trinajstić information content (AvgIpc) is 3.24. The molecule has 23 heavy (non-hydrogen) atoms. The second-order valence-electron chi connectivity index (χ2n) is 6.07. The Morgan fingerprint density at radius 3 is 2.83 bits per heavy atom. The number of benzene rings is 1. The summed E-state index contributed by atoms with van der Waals surface area (Å²) in [6, 6.07) is 11.2. The molecule has 2 N–H and O–H groups in total. The van der Waals surface area contributed by atoms with Gasteiger partial charge in [0.15, 0.2) is 5.82 Å². The predicted molar refractivity (Wildman–Crippen MR) is 90.2 cm³/mol. The number of fused-ring (bicyclic) bond motifs is 1. The van der Waals surface area contributed by atoms with Crippen LogP contribution >= 0.6 is 11.3 Å². The molecule has 3 heterocycles. The Bertz CT molecular complexity index is 780. The molecule has 1 aliphatic heterocycles. The van der Waals surface area contributed by atoms with E-state index in [-0.39, 0.29) is 6.04 Å². The first-order valence-electron chi connectivity index (χ1n) is 8.05. The molecule has 1 fully saturated rings. The fourth-order valence-electron chi connectivity index (χ4n) is 2.96. The molecule has 2 unspecified atom stereocenters. The van der Waals surface area contributed by atoms with Crippen LogP contribution in [0.3, 0.4) is 0 Å². The molecule has 0 aliphatic carbocycles. The summed E-state index contributed by atoms with van der Waals surface area (Å²) in [5.74, 6) is 0.905. The highest BCUT2D eigenvalue weighted by Crippen LogP contribution is 2.23. The number of rotatable bonds is 5. The summed E-state index contributed by atoms with van der Waals surface area (Å²) in [4.78, 5) is 0.885. The lowest BCUT2D eigenvalue weighted by molar-refractivity contribution is 0.533. The molecule has 0 bridgehead atoms. The zero-order valence-corrected chi connectivity index (χ0v) is 13.9. The largest absolute Gasteiger partial charge is 0.254 e. The van der Waals surface area contributed by atoms with Crippen LogP contribution in [-0.4, -0.2) is 25.9 Å². The van der Waals surface area contributed by atoms with Gasteiger partial charge in [-0.2, -0.15) is 9.61 Å². The predicted octanol–water partition coefficient (Wildman–Crippen LogP) is 2.29. The van der Waals surface area contributed by atoms with E-state index in [0.29, 0.717) is 6.04 Å². The van der Waals surface area contributed by atoms with Gasteiger partial charge in [0.2, 0.25) is 4.96 Å². The van der Waals surface area contributed by atoms with Crippen molar-refractivity contribution in [2.75, 3.05) is 0 Å². The molecule has 0 amide bonds. The number of nitrogens with zero attached hydrogens (tertiary/aromatic N) is 4. The van der Waals surface area contributed by atoms with E-state index >= 15 is 0 Å². The van der Waals surface area contributed by atoms with Gasteiger partial charge in [-0.15, -0.1) is 10.2 Å². The molecule has 0 spiro atoms. The van der Waals surface area contributed by atoms with Crippen molar-refractivity contribution in [3.05, 3.63) is 46.7 Å². The highest BCUT2D eigenvalue weighted by atomic mass is 32.1. The first-order chi connectivity index (χ1) is 11.3. The maximum absolute atomic E-state index is 4.72. The summed E-state index contributed by atoms with van der Waals surface area (Å²) < 4.78 is 1.90.